The van der Waals surface area contributed by atoms with Gasteiger partial charge in [0.1, 0.15) is 28.6 Å². The molecule has 3 saturated carbocycles. The molecule has 270 valence electrons. The van der Waals surface area contributed by atoms with Gasteiger partial charge in [-0.05, 0) is 128 Å². The lowest BCUT2D eigenvalue weighted by atomic mass is 9.43. The first kappa shape index (κ1) is 36.0. The van der Waals surface area contributed by atoms with Crippen LogP contribution in [0.1, 0.15) is 109 Å². The van der Waals surface area contributed by atoms with Crippen molar-refractivity contribution in [2.75, 3.05) is 26.2 Å². The van der Waals surface area contributed by atoms with Gasteiger partial charge in [0, 0.05) is 19.0 Å². The molecule has 1 aromatic carbocycles. The Hall–Kier alpha value is -2.79. The standard InChI is InChI=1S/C38H57BN2O8/c1-23-24(13-16-39-48-30-20-26-19-29(37(26,8)9)38(30,10)49-39)11-12-28(31(23)33(43)46-35(2,3)4)45-27-21-41(22-27)32(42)25-14-17-40(18-15-25)34(44)47-36(5,6)7/h11-12,25-27,29-30H,13-22H2,1-10H3/t26-,29-,30+,38-/m0/s1. The Morgan fingerprint density at radius 2 is 1.59 bits per heavy atom. The molecule has 2 bridgehead atoms. The van der Waals surface area contributed by atoms with Gasteiger partial charge in [-0.3, -0.25) is 4.79 Å². The molecule has 3 aliphatic carbocycles. The molecule has 0 aromatic heterocycles. The van der Waals surface area contributed by atoms with Gasteiger partial charge < -0.3 is 33.3 Å². The minimum atomic E-state index is -0.665. The Bertz CT molecular complexity index is 1450. The van der Waals surface area contributed by atoms with Crippen molar-refractivity contribution in [2.24, 2.45) is 23.2 Å². The quantitative estimate of drug-likeness (QED) is 0.239. The minimum Gasteiger partial charge on any atom is -0.486 e. The smallest absolute Gasteiger partial charge is 0.457 e. The summed E-state index contributed by atoms with van der Waals surface area (Å²) >= 11 is 0. The van der Waals surface area contributed by atoms with Crippen LogP contribution < -0.4 is 4.74 Å². The summed E-state index contributed by atoms with van der Waals surface area (Å²) in [5.74, 6) is 1.24. The zero-order valence-corrected chi connectivity index (χ0v) is 31.4. The number of esters is 1. The largest absolute Gasteiger partial charge is 0.486 e. The van der Waals surface area contributed by atoms with E-state index in [0.717, 1.165) is 17.5 Å². The van der Waals surface area contributed by atoms with Crippen LogP contribution in [0.5, 0.6) is 5.75 Å². The van der Waals surface area contributed by atoms with Gasteiger partial charge in [0.2, 0.25) is 5.91 Å². The van der Waals surface area contributed by atoms with Crippen LogP contribution in [0.2, 0.25) is 6.32 Å². The first-order valence-electron chi connectivity index (χ1n) is 18.4. The zero-order chi connectivity index (χ0) is 35.7. The molecular weight excluding hydrogens is 623 g/mol. The topological polar surface area (TPSA) is 104 Å². The highest BCUT2D eigenvalue weighted by molar-refractivity contribution is 6.45. The van der Waals surface area contributed by atoms with Gasteiger partial charge >= 0.3 is 19.2 Å². The maximum atomic E-state index is 13.6. The number of aryl methyl sites for hydroxylation is 1. The molecule has 10 nitrogen and oxygen atoms in total. The van der Waals surface area contributed by atoms with Gasteiger partial charge in [0.15, 0.2) is 0 Å². The van der Waals surface area contributed by atoms with E-state index in [4.69, 9.17) is 23.5 Å². The summed E-state index contributed by atoms with van der Waals surface area (Å²) in [4.78, 5) is 42.8. The van der Waals surface area contributed by atoms with Crippen LogP contribution >= 0.6 is 0 Å². The fourth-order valence-electron chi connectivity index (χ4n) is 8.80. The van der Waals surface area contributed by atoms with Crippen molar-refractivity contribution < 1.29 is 37.9 Å². The maximum Gasteiger partial charge on any atom is 0.457 e. The molecule has 1 aromatic rings. The fraction of sp³-hybridized carbons (Fsp3) is 0.763. The van der Waals surface area contributed by atoms with Crippen LogP contribution in [-0.2, 0) is 30.0 Å². The summed E-state index contributed by atoms with van der Waals surface area (Å²) in [5.41, 5.74) is 1.14. The lowest BCUT2D eigenvalue weighted by Gasteiger charge is -2.64. The maximum absolute atomic E-state index is 13.6. The van der Waals surface area contributed by atoms with E-state index in [2.05, 4.69) is 20.8 Å². The molecule has 7 rings (SSSR count). The van der Waals surface area contributed by atoms with Crippen LogP contribution in [0.3, 0.4) is 0 Å². The number of carbonyl (C=O) groups excluding carboxylic acids is 3. The highest BCUT2D eigenvalue weighted by Crippen LogP contribution is 2.65. The predicted molar refractivity (Wildman–Crippen MR) is 186 cm³/mol. The van der Waals surface area contributed by atoms with Crippen molar-refractivity contribution in [1.82, 2.24) is 9.80 Å². The van der Waals surface area contributed by atoms with Gasteiger partial charge in [-0.25, -0.2) is 9.59 Å². The molecule has 3 saturated heterocycles. The Labute approximate surface area is 293 Å². The summed E-state index contributed by atoms with van der Waals surface area (Å²) in [6.45, 7) is 22.0. The Kier molecular flexibility index (Phi) is 9.38. The van der Waals surface area contributed by atoms with Crippen molar-refractivity contribution >= 4 is 25.1 Å². The van der Waals surface area contributed by atoms with E-state index in [1.165, 1.54) is 6.42 Å². The van der Waals surface area contributed by atoms with Crippen molar-refractivity contribution in [3.63, 3.8) is 0 Å². The third-order valence-electron chi connectivity index (χ3n) is 11.7. The lowest BCUT2D eigenvalue weighted by Crippen LogP contribution is -2.65. The van der Waals surface area contributed by atoms with E-state index in [-0.39, 0.29) is 42.8 Å². The van der Waals surface area contributed by atoms with Gasteiger partial charge in [0.25, 0.3) is 0 Å². The number of nitrogens with zero attached hydrogens (tertiary/aromatic N) is 2. The predicted octanol–water partition coefficient (Wildman–Crippen LogP) is 6.46. The van der Waals surface area contributed by atoms with Crippen LogP contribution in [0.4, 0.5) is 4.79 Å². The van der Waals surface area contributed by atoms with Gasteiger partial charge in [-0.15, -0.1) is 0 Å². The average molecular weight is 681 g/mol. The second kappa shape index (κ2) is 12.8. The van der Waals surface area contributed by atoms with E-state index in [0.29, 0.717) is 80.3 Å². The van der Waals surface area contributed by atoms with E-state index >= 15 is 0 Å². The molecule has 0 radical (unpaired) electrons. The number of hydrogen-bond donors (Lipinski definition) is 0. The summed E-state index contributed by atoms with van der Waals surface area (Å²) in [7, 11) is -0.270. The monoisotopic (exact) mass is 680 g/mol. The number of carbonyl (C=O) groups is 3. The molecule has 6 fully saturated rings. The van der Waals surface area contributed by atoms with Crippen LogP contribution in [-0.4, -0.2) is 90.1 Å². The Morgan fingerprint density at radius 3 is 2.20 bits per heavy atom. The Morgan fingerprint density at radius 1 is 0.939 bits per heavy atom. The number of ether oxygens (including phenoxy) is 3. The normalized spacial score (nSPS) is 28.4. The van der Waals surface area contributed by atoms with E-state index in [1.807, 2.05) is 65.5 Å². The summed E-state index contributed by atoms with van der Waals surface area (Å²) < 4.78 is 30.9. The van der Waals surface area contributed by atoms with Gasteiger partial charge in [-0.1, -0.05) is 19.9 Å². The number of hydrogen-bond acceptors (Lipinski definition) is 8. The molecule has 49 heavy (non-hydrogen) atoms. The number of piperidine rings is 1. The van der Waals surface area contributed by atoms with Crippen LogP contribution in [0.15, 0.2) is 12.1 Å². The SMILES string of the molecule is Cc1c(CCB2O[C@@H]3C[C@@H]4C[C@@H](C4(C)C)[C@]3(C)O2)ccc(OC2CN(C(=O)C3CCN(C(=O)OC(C)(C)C)CC3)C2)c1C(=O)OC(C)(C)C. The van der Waals surface area contributed by atoms with E-state index < -0.39 is 17.2 Å². The van der Waals surface area contributed by atoms with Gasteiger partial charge in [0.05, 0.1) is 24.8 Å². The van der Waals surface area contributed by atoms with Crippen LogP contribution in [0.25, 0.3) is 0 Å². The summed E-state index contributed by atoms with van der Waals surface area (Å²) in [6, 6.07) is 3.90. The molecule has 0 N–H and O–H groups in total. The molecule has 0 unspecified atom stereocenters. The van der Waals surface area contributed by atoms with Gasteiger partial charge in [-0.2, -0.15) is 0 Å². The van der Waals surface area contributed by atoms with Crippen molar-refractivity contribution in [3.8, 4) is 5.75 Å². The second-order valence-corrected chi connectivity index (χ2v) is 17.9. The summed E-state index contributed by atoms with van der Waals surface area (Å²) in [6.07, 6.45) is 4.49. The average Bonchev–Trinajstić information content (AvgIpc) is 3.32. The minimum absolute atomic E-state index is 0.0911. The number of benzene rings is 1. The molecule has 3 aliphatic heterocycles. The molecule has 6 aliphatic rings. The number of rotatable bonds is 7. The third kappa shape index (κ3) is 7.21. The molecule has 11 heteroatoms. The molecule has 3 heterocycles. The lowest BCUT2D eigenvalue weighted by molar-refractivity contribution is -0.199. The highest BCUT2D eigenvalue weighted by Gasteiger charge is 2.67. The molecular formula is C38H57BN2O8. The molecule has 2 amide bonds. The van der Waals surface area contributed by atoms with Crippen molar-refractivity contribution in [1.29, 1.82) is 0 Å². The van der Waals surface area contributed by atoms with E-state index in [1.54, 1.807) is 4.90 Å². The highest BCUT2D eigenvalue weighted by atomic mass is 16.7. The third-order valence-corrected chi connectivity index (χ3v) is 11.7. The zero-order valence-electron chi connectivity index (χ0n) is 31.4. The Balaban J connectivity index is 1.06. The fourth-order valence-corrected chi connectivity index (χ4v) is 8.80. The second-order valence-electron chi connectivity index (χ2n) is 17.9. The molecule has 4 atom stereocenters. The number of likely N-dealkylation sites (tertiary alicyclic amines) is 2. The number of amides is 2. The first-order valence-corrected chi connectivity index (χ1v) is 18.4. The van der Waals surface area contributed by atoms with Crippen LogP contribution in [0, 0.1) is 30.1 Å². The molecule has 0 spiro atoms. The first-order chi connectivity index (χ1) is 22.7. The van der Waals surface area contributed by atoms with E-state index in [9.17, 15) is 14.4 Å². The summed E-state index contributed by atoms with van der Waals surface area (Å²) in [5, 5.41) is 0. The van der Waals surface area contributed by atoms with Crippen molar-refractivity contribution in [3.05, 3.63) is 28.8 Å². The van der Waals surface area contributed by atoms with Crippen molar-refractivity contribution in [2.45, 2.75) is 137 Å².